The molecule has 0 radical (unpaired) electrons. The number of phenolic OH excluding ortho intramolecular Hbond substituents is 1. The minimum Gasteiger partial charge on any atom is -0.506 e. The number of hydrogen-bond acceptors (Lipinski definition) is 8. The summed E-state index contributed by atoms with van der Waals surface area (Å²) in [6, 6.07) is 5.41. The summed E-state index contributed by atoms with van der Waals surface area (Å²) in [5.74, 6) is -2.35. The zero-order valence-corrected chi connectivity index (χ0v) is 17.5. The standard InChI is InChI=1S/C17H18FN3O8S2/c18-16-13-6-11(29-4-3-19-30(24,25)12-8-28-9-12)2-1-10(13)5-14(22)17(16)21-7-15(23)20-31(21,26)27/h1-2,5-6,12,19,22H,3-4,7-9H2,(H,20,23). The van der Waals surface area contributed by atoms with E-state index in [9.17, 15) is 26.7 Å². The van der Waals surface area contributed by atoms with Crippen molar-refractivity contribution in [1.29, 1.82) is 0 Å². The van der Waals surface area contributed by atoms with Crippen molar-refractivity contribution in [3.8, 4) is 11.5 Å². The van der Waals surface area contributed by atoms with Gasteiger partial charge in [0.05, 0.1) is 13.2 Å². The molecule has 0 spiro atoms. The Kier molecular flexibility index (Phi) is 5.41. The van der Waals surface area contributed by atoms with Crippen molar-refractivity contribution in [2.24, 2.45) is 0 Å². The lowest BCUT2D eigenvalue weighted by atomic mass is 10.1. The maximum atomic E-state index is 15.1. The molecule has 168 valence electrons. The number of carbonyl (C=O) groups excluding carboxylic acids is 1. The zero-order valence-electron chi connectivity index (χ0n) is 15.9. The molecule has 14 heteroatoms. The van der Waals surface area contributed by atoms with Crippen LogP contribution in [0.2, 0.25) is 0 Å². The molecule has 0 unspecified atom stereocenters. The Balaban J connectivity index is 1.54. The monoisotopic (exact) mass is 475 g/mol. The highest BCUT2D eigenvalue weighted by molar-refractivity contribution is 7.92. The first kappa shape index (κ1) is 21.5. The fourth-order valence-corrected chi connectivity index (χ4v) is 5.46. The molecular formula is C17H18FN3O8S2. The molecule has 2 aliphatic rings. The van der Waals surface area contributed by atoms with E-state index < -0.39 is 55.2 Å². The van der Waals surface area contributed by atoms with Crippen LogP contribution in [0.3, 0.4) is 0 Å². The Bertz CT molecular complexity index is 1260. The largest absolute Gasteiger partial charge is 0.506 e. The van der Waals surface area contributed by atoms with Crippen LogP contribution in [0.15, 0.2) is 24.3 Å². The number of nitrogens with zero attached hydrogens (tertiary/aromatic N) is 1. The third kappa shape index (κ3) is 4.11. The molecule has 2 aliphatic heterocycles. The van der Waals surface area contributed by atoms with Gasteiger partial charge in [0, 0.05) is 11.9 Å². The molecule has 1 amide bonds. The van der Waals surface area contributed by atoms with Gasteiger partial charge in [-0.25, -0.2) is 26.6 Å². The topological polar surface area (TPSA) is 151 Å². The summed E-state index contributed by atoms with van der Waals surface area (Å²) in [6.45, 7) is -0.434. The first-order valence-corrected chi connectivity index (χ1v) is 12.0. The zero-order chi connectivity index (χ0) is 22.4. The summed E-state index contributed by atoms with van der Waals surface area (Å²) >= 11 is 0. The minimum atomic E-state index is -4.32. The number of fused-ring (bicyclic) bond motifs is 1. The van der Waals surface area contributed by atoms with E-state index >= 15 is 4.39 Å². The quantitative estimate of drug-likeness (QED) is 0.456. The molecule has 11 nitrogen and oxygen atoms in total. The number of aromatic hydroxyl groups is 1. The lowest BCUT2D eigenvalue weighted by molar-refractivity contribution is -0.117. The third-order valence-corrected chi connectivity index (χ3v) is 7.93. The number of ether oxygens (including phenoxy) is 2. The second-order valence-corrected chi connectivity index (χ2v) is 10.6. The normalized spacial score (nSPS) is 18.7. The van der Waals surface area contributed by atoms with Gasteiger partial charge < -0.3 is 14.6 Å². The van der Waals surface area contributed by atoms with Gasteiger partial charge in [-0.15, -0.1) is 0 Å². The Morgan fingerprint density at radius 2 is 2.06 bits per heavy atom. The third-order valence-electron chi connectivity index (χ3n) is 4.79. The van der Waals surface area contributed by atoms with E-state index in [1.165, 1.54) is 24.3 Å². The minimum absolute atomic E-state index is 0.0139. The first-order valence-electron chi connectivity index (χ1n) is 9.06. The summed E-state index contributed by atoms with van der Waals surface area (Å²) in [5.41, 5.74) is -0.654. The molecule has 2 fully saturated rings. The molecule has 2 heterocycles. The van der Waals surface area contributed by atoms with E-state index in [2.05, 4.69) is 4.72 Å². The molecule has 4 rings (SSSR count). The van der Waals surface area contributed by atoms with Gasteiger partial charge >= 0.3 is 10.2 Å². The van der Waals surface area contributed by atoms with E-state index in [1.54, 1.807) is 4.72 Å². The maximum Gasteiger partial charge on any atom is 0.326 e. The number of nitrogens with one attached hydrogen (secondary N) is 2. The molecule has 0 aliphatic carbocycles. The van der Waals surface area contributed by atoms with Crippen molar-refractivity contribution in [2.45, 2.75) is 5.25 Å². The van der Waals surface area contributed by atoms with Gasteiger partial charge in [0.25, 0.3) is 5.91 Å². The predicted molar refractivity (Wildman–Crippen MR) is 107 cm³/mol. The number of hydrogen-bond donors (Lipinski definition) is 3. The average molecular weight is 475 g/mol. The molecule has 3 N–H and O–H groups in total. The molecule has 31 heavy (non-hydrogen) atoms. The smallest absolute Gasteiger partial charge is 0.326 e. The highest BCUT2D eigenvalue weighted by Gasteiger charge is 2.38. The molecular weight excluding hydrogens is 457 g/mol. The van der Waals surface area contributed by atoms with E-state index in [0.29, 0.717) is 4.31 Å². The SMILES string of the molecule is O=C1CN(c2c(O)cc3ccc(OCCNS(=O)(=O)C4COC4)cc3c2F)S(=O)(=O)N1. The molecule has 2 saturated heterocycles. The van der Waals surface area contributed by atoms with Gasteiger partial charge in [-0.3, -0.25) is 4.79 Å². The van der Waals surface area contributed by atoms with Gasteiger partial charge in [0.1, 0.15) is 35.6 Å². The fourth-order valence-electron chi connectivity index (χ4n) is 3.14. The summed E-state index contributed by atoms with van der Waals surface area (Å²) in [5, 5.41) is 9.80. The average Bonchev–Trinajstić information content (AvgIpc) is 2.89. The summed E-state index contributed by atoms with van der Waals surface area (Å²) in [7, 11) is -7.81. The number of phenols is 1. The van der Waals surface area contributed by atoms with Crippen LogP contribution in [0, 0.1) is 5.82 Å². The predicted octanol–water partition coefficient (Wildman–Crippen LogP) is -0.438. The molecule has 0 saturated carbocycles. The van der Waals surface area contributed by atoms with Crippen molar-refractivity contribution in [3.05, 3.63) is 30.1 Å². The number of halogens is 1. The Morgan fingerprint density at radius 1 is 1.32 bits per heavy atom. The van der Waals surface area contributed by atoms with Crippen LogP contribution in [0.5, 0.6) is 11.5 Å². The molecule has 0 atom stereocenters. The number of amides is 1. The van der Waals surface area contributed by atoms with E-state index in [1.807, 2.05) is 0 Å². The molecule has 2 aromatic carbocycles. The van der Waals surface area contributed by atoms with Crippen molar-refractivity contribution in [2.75, 3.05) is 37.2 Å². The van der Waals surface area contributed by atoms with Crippen LogP contribution in [-0.4, -0.2) is 66.0 Å². The first-order chi connectivity index (χ1) is 14.6. The second kappa shape index (κ2) is 7.78. The molecule has 2 aromatic rings. The van der Waals surface area contributed by atoms with E-state index in [4.69, 9.17) is 9.47 Å². The summed E-state index contributed by atoms with van der Waals surface area (Å²) in [6.07, 6.45) is 0. The number of rotatable bonds is 7. The lowest BCUT2D eigenvalue weighted by Crippen LogP contribution is -2.47. The number of carbonyl (C=O) groups is 1. The van der Waals surface area contributed by atoms with E-state index in [-0.39, 0.29) is 42.9 Å². The van der Waals surface area contributed by atoms with Crippen LogP contribution in [0.4, 0.5) is 10.1 Å². The summed E-state index contributed by atoms with van der Waals surface area (Å²) in [4.78, 5) is 11.5. The van der Waals surface area contributed by atoms with Gasteiger partial charge in [-0.1, -0.05) is 6.07 Å². The molecule has 0 bridgehead atoms. The van der Waals surface area contributed by atoms with Gasteiger partial charge in [0.15, 0.2) is 5.82 Å². The van der Waals surface area contributed by atoms with Crippen LogP contribution in [0.25, 0.3) is 10.8 Å². The number of sulfonamides is 1. The van der Waals surface area contributed by atoms with Crippen LogP contribution in [-0.2, 0) is 29.8 Å². The van der Waals surface area contributed by atoms with Crippen LogP contribution in [0.1, 0.15) is 0 Å². The van der Waals surface area contributed by atoms with Crippen molar-refractivity contribution in [3.63, 3.8) is 0 Å². The van der Waals surface area contributed by atoms with Crippen LogP contribution < -0.4 is 18.5 Å². The molecule has 0 aromatic heterocycles. The fraction of sp³-hybridized carbons (Fsp3) is 0.353. The van der Waals surface area contributed by atoms with Gasteiger partial charge in [0.2, 0.25) is 10.0 Å². The Labute approximate surface area is 177 Å². The lowest BCUT2D eigenvalue weighted by Gasteiger charge is -2.25. The van der Waals surface area contributed by atoms with Crippen molar-refractivity contribution >= 4 is 42.6 Å². The summed E-state index contributed by atoms with van der Waals surface area (Å²) < 4.78 is 77.9. The van der Waals surface area contributed by atoms with Gasteiger partial charge in [-0.2, -0.15) is 8.42 Å². The maximum absolute atomic E-state index is 15.1. The second-order valence-electron chi connectivity index (χ2n) is 6.93. The number of anilines is 1. The highest BCUT2D eigenvalue weighted by atomic mass is 32.2. The van der Waals surface area contributed by atoms with Crippen molar-refractivity contribution < 1.29 is 40.6 Å². The Hall–Kier alpha value is -2.68. The highest BCUT2D eigenvalue weighted by Crippen LogP contribution is 2.39. The Morgan fingerprint density at radius 3 is 2.68 bits per heavy atom. The van der Waals surface area contributed by atoms with Crippen molar-refractivity contribution in [1.82, 2.24) is 9.44 Å². The number of benzene rings is 2. The van der Waals surface area contributed by atoms with E-state index in [0.717, 1.165) is 0 Å². The van der Waals surface area contributed by atoms with Gasteiger partial charge in [-0.05, 0) is 23.6 Å². The van der Waals surface area contributed by atoms with Crippen LogP contribution >= 0.6 is 0 Å².